The van der Waals surface area contributed by atoms with Gasteiger partial charge < -0.3 is 0 Å². The summed E-state index contributed by atoms with van der Waals surface area (Å²) in [5.41, 5.74) is 0.935. The number of hydrogen-bond donors (Lipinski definition) is 0. The van der Waals surface area contributed by atoms with E-state index in [2.05, 4.69) is 6.58 Å². The van der Waals surface area contributed by atoms with Gasteiger partial charge in [0.15, 0.2) is 0 Å². The molecule has 1 nitrogen and oxygen atoms in total. The average molecular weight is 122 g/mol. The van der Waals surface area contributed by atoms with Crippen molar-refractivity contribution in [3.8, 4) is 0 Å². The minimum absolute atomic E-state index is 0.767. The van der Waals surface area contributed by atoms with E-state index >= 15 is 0 Å². The Labute approximate surface area is 55.4 Å². The van der Waals surface area contributed by atoms with Gasteiger partial charge in [-0.15, -0.1) is 0 Å². The molecule has 0 amide bonds. The number of allylic oxidation sites excluding steroid dienone is 5. The second kappa shape index (κ2) is 5.04. The molecule has 0 rings (SSSR count). The second-order valence-electron chi connectivity index (χ2n) is 1.64. The average Bonchev–Trinajstić information content (AvgIpc) is 1.85. The first-order valence-corrected chi connectivity index (χ1v) is 2.72. The van der Waals surface area contributed by atoms with Gasteiger partial charge in [0.1, 0.15) is 6.29 Å². The van der Waals surface area contributed by atoms with Gasteiger partial charge in [-0.1, -0.05) is 24.8 Å². The maximum Gasteiger partial charge on any atom is 0.143 e. The van der Waals surface area contributed by atoms with Crippen LogP contribution in [0.5, 0.6) is 0 Å². The zero-order chi connectivity index (χ0) is 7.11. The summed E-state index contributed by atoms with van der Waals surface area (Å²) in [4.78, 5) is 9.84. The molecule has 0 fully saturated rings. The van der Waals surface area contributed by atoms with Gasteiger partial charge in [0.05, 0.1) is 0 Å². The van der Waals surface area contributed by atoms with E-state index in [1.165, 1.54) is 6.08 Å². The first kappa shape index (κ1) is 7.89. The summed E-state index contributed by atoms with van der Waals surface area (Å²) >= 11 is 0. The van der Waals surface area contributed by atoms with Crippen molar-refractivity contribution >= 4 is 6.29 Å². The third kappa shape index (κ3) is 4.75. The van der Waals surface area contributed by atoms with Crippen LogP contribution in [0.1, 0.15) is 6.92 Å². The van der Waals surface area contributed by atoms with Gasteiger partial charge in [0.25, 0.3) is 0 Å². The Morgan fingerprint density at radius 2 is 2.22 bits per heavy atom. The maximum atomic E-state index is 9.84. The molecular formula is C8H10O. The molecule has 0 N–H and O–H groups in total. The van der Waals surface area contributed by atoms with Crippen LogP contribution in [0.4, 0.5) is 0 Å². The number of hydrogen-bond acceptors (Lipinski definition) is 1. The van der Waals surface area contributed by atoms with Crippen LogP contribution in [-0.4, -0.2) is 6.29 Å². The van der Waals surface area contributed by atoms with Gasteiger partial charge in [0.2, 0.25) is 0 Å². The molecule has 0 aromatic rings. The predicted molar refractivity (Wildman–Crippen MR) is 39.2 cm³/mol. The van der Waals surface area contributed by atoms with E-state index in [1.807, 2.05) is 13.0 Å². The molecule has 0 saturated heterocycles. The monoisotopic (exact) mass is 122 g/mol. The van der Waals surface area contributed by atoms with Crippen LogP contribution in [-0.2, 0) is 4.79 Å². The van der Waals surface area contributed by atoms with E-state index in [4.69, 9.17) is 0 Å². The summed E-state index contributed by atoms with van der Waals surface area (Å²) in [7, 11) is 0. The molecule has 0 saturated carbocycles. The number of rotatable bonds is 3. The Kier molecular flexibility index (Phi) is 4.41. The Morgan fingerprint density at radius 3 is 2.67 bits per heavy atom. The van der Waals surface area contributed by atoms with E-state index in [0.717, 1.165) is 11.9 Å². The molecule has 0 aliphatic rings. The summed E-state index contributed by atoms with van der Waals surface area (Å²) in [6.45, 7) is 5.35. The smallest absolute Gasteiger partial charge is 0.143 e. The lowest BCUT2D eigenvalue weighted by atomic mass is 10.2. The normalized spacial score (nSPS) is 11.9. The third-order valence-corrected chi connectivity index (χ3v) is 0.826. The highest BCUT2D eigenvalue weighted by Crippen LogP contribution is 1.91. The van der Waals surface area contributed by atoms with Gasteiger partial charge in [-0.2, -0.15) is 0 Å². The molecule has 0 aromatic carbocycles. The van der Waals surface area contributed by atoms with Crippen LogP contribution in [0.25, 0.3) is 0 Å². The summed E-state index contributed by atoms with van der Waals surface area (Å²) in [5, 5.41) is 0. The fourth-order valence-electron chi connectivity index (χ4n) is 0.383. The Morgan fingerprint density at radius 1 is 1.56 bits per heavy atom. The minimum atomic E-state index is 0.767. The molecule has 0 heterocycles. The van der Waals surface area contributed by atoms with E-state index < -0.39 is 0 Å². The van der Waals surface area contributed by atoms with Crippen LogP contribution in [0.2, 0.25) is 0 Å². The molecule has 0 atom stereocenters. The summed E-state index contributed by atoms with van der Waals surface area (Å²) < 4.78 is 0. The molecule has 0 unspecified atom stereocenters. The molecule has 0 spiro atoms. The van der Waals surface area contributed by atoms with Gasteiger partial charge in [-0.25, -0.2) is 0 Å². The molecule has 0 bridgehead atoms. The summed E-state index contributed by atoms with van der Waals surface area (Å²) in [5.74, 6) is 0. The predicted octanol–water partition coefficient (Wildman–Crippen LogP) is 1.87. The molecule has 0 radical (unpaired) electrons. The lowest BCUT2D eigenvalue weighted by Crippen LogP contribution is -1.67. The Bertz CT molecular complexity index is 152. The molecule has 0 aromatic heterocycles. The molecule has 1 heteroatoms. The lowest BCUT2D eigenvalue weighted by Gasteiger charge is -1.81. The van der Waals surface area contributed by atoms with Gasteiger partial charge in [-0.3, -0.25) is 4.79 Å². The van der Waals surface area contributed by atoms with E-state index in [0.29, 0.717) is 0 Å². The largest absolute Gasteiger partial charge is 0.299 e. The van der Waals surface area contributed by atoms with Crippen molar-refractivity contribution in [2.24, 2.45) is 0 Å². The van der Waals surface area contributed by atoms with Crippen LogP contribution in [0.3, 0.4) is 0 Å². The molecular weight excluding hydrogens is 112 g/mol. The Hall–Kier alpha value is -1.11. The number of aldehydes is 1. The van der Waals surface area contributed by atoms with Crippen molar-refractivity contribution in [3.63, 3.8) is 0 Å². The molecule has 48 valence electrons. The van der Waals surface area contributed by atoms with Crippen molar-refractivity contribution in [1.82, 2.24) is 0 Å². The van der Waals surface area contributed by atoms with Crippen molar-refractivity contribution in [3.05, 3.63) is 36.5 Å². The van der Waals surface area contributed by atoms with Crippen LogP contribution < -0.4 is 0 Å². The molecule has 0 aliphatic carbocycles. The van der Waals surface area contributed by atoms with Gasteiger partial charge in [-0.05, 0) is 18.6 Å². The highest BCUT2D eigenvalue weighted by Gasteiger charge is 1.74. The molecule has 9 heavy (non-hydrogen) atoms. The van der Waals surface area contributed by atoms with E-state index in [-0.39, 0.29) is 0 Å². The van der Waals surface area contributed by atoms with E-state index in [9.17, 15) is 4.79 Å². The van der Waals surface area contributed by atoms with Crippen molar-refractivity contribution < 1.29 is 4.79 Å². The fraction of sp³-hybridized carbons (Fsp3) is 0.125. The topological polar surface area (TPSA) is 17.1 Å². The minimum Gasteiger partial charge on any atom is -0.299 e. The summed E-state index contributed by atoms with van der Waals surface area (Å²) in [6.07, 6.45) is 7.54. The van der Waals surface area contributed by atoms with Gasteiger partial charge in [0, 0.05) is 0 Å². The first-order chi connectivity index (χ1) is 4.31. The van der Waals surface area contributed by atoms with Crippen LogP contribution in [0.15, 0.2) is 36.5 Å². The zero-order valence-electron chi connectivity index (χ0n) is 5.50. The van der Waals surface area contributed by atoms with Crippen LogP contribution >= 0.6 is 0 Å². The molecule has 0 aliphatic heterocycles. The fourth-order valence-corrected chi connectivity index (χ4v) is 0.383. The third-order valence-electron chi connectivity index (χ3n) is 0.826. The number of carbonyl (C=O) groups is 1. The second-order valence-corrected chi connectivity index (χ2v) is 1.64. The first-order valence-electron chi connectivity index (χ1n) is 2.72. The highest BCUT2D eigenvalue weighted by atomic mass is 16.1. The van der Waals surface area contributed by atoms with E-state index in [1.54, 1.807) is 12.2 Å². The standard InChI is InChI=1S/C8H10O/c1-3-4-5-8(2)6-7-9/h3-7H,1H2,2H3/b5-4+,8-6-. The SMILES string of the molecule is C=C/C=C/C(C)=C\C=O. The van der Waals surface area contributed by atoms with Gasteiger partial charge >= 0.3 is 0 Å². The maximum absolute atomic E-state index is 9.84. The quantitative estimate of drug-likeness (QED) is 0.317. The zero-order valence-corrected chi connectivity index (χ0v) is 5.50. The highest BCUT2D eigenvalue weighted by molar-refractivity contribution is 5.66. The van der Waals surface area contributed by atoms with Crippen molar-refractivity contribution in [2.75, 3.05) is 0 Å². The Balaban J connectivity index is 3.88. The van der Waals surface area contributed by atoms with Crippen molar-refractivity contribution in [1.29, 1.82) is 0 Å². The lowest BCUT2D eigenvalue weighted by molar-refractivity contribution is -0.104. The number of carbonyl (C=O) groups excluding carboxylic acids is 1. The van der Waals surface area contributed by atoms with Crippen LogP contribution in [0, 0.1) is 0 Å². The summed E-state index contributed by atoms with van der Waals surface area (Å²) in [6, 6.07) is 0. The van der Waals surface area contributed by atoms with Crippen molar-refractivity contribution in [2.45, 2.75) is 6.92 Å².